The van der Waals surface area contributed by atoms with Gasteiger partial charge in [0.05, 0.1) is 12.2 Å². The molecule has 2 atom stereocenters. The van der Waals surface area contributed by atoms with Gasteiger partial charge in [0, 0.05) is 0 Å². The minimum absolute atomic E-state index is 0.465. The lowest BCUT2D eigenvalue weighted by atomic mass is 9.89. The van der Waals surface area contributed by atoms with Crippen LogP contribution in [0.3, 0.4) is 0 Å². The average Bonchev–Trinajstić information content (AvgIpc) is 2.29. The van der Waals surface area contributed by atoms with Gasteiger partial charge in [-0.05, 0) is 57.3 Å². The highest BCUT2D eigenvalue weighted by Crippen LogP contribution is 2.27. The van der Waals surface area contributed by atoms with Crippen molar-refractivity contribution in [3.8, 4) is 0 Å². The Morgan fingerprint density at radius 3 is 2.25 bits per heavy atom. The van der Waals surface area contributed by atoms with Gasteiger partial charge in [-0.2, -0.15) is 0 Å². The van der Waals surface area contributed by atoms with Crippen LogP contribution in [0.2, 0.25) is 0 Å². The van der Waals surface area contributed by atoms with Crippen molar-refractivity contribution in [1.29, 1.82) is 0 Å². The molecule has 2 unspecified atom stereocenters. The van der Waals surface area contributed by atoms with Gasteiger partial charge in [-0.1, -0.05) is 27.2 Å². The van der Waals surface area contributed by atoms with Gasteiger partial charge < -0.3 is 4.74 Å². The van der Waals surface area contributed by atoms with E-state index in [1.807, 2.05) is 0 Å². The Morgan fingerprint density at radius 1 is 1.06 bits per heavy atom. The average molecular weight is 226 g/mol. The van der Waals surface area contributed by atoms with Crippen molar-refractivity contribution >= 4 is 0 Å². The van der Waals surface area contributed by atoms with Gasteiger partial charge in [0.2, 0.25) is 0 Å². The van der Waals surface area contributed by atoms with Crippen LogP contribution in [0.1, 0.15) is 72.6 Å². The first-order chi connectivity index (χ1) is 7.61. The largest absolute Gasteiger partial charge is 0.375 e. The van der Waals surface area contributed by atoms with Gasteiger partial charge in [-0.25, -0.2) is 0 Å². The Labute approximate surface area is 102 Å². The molecule has 1 saturated carbocycles. The summed E-state index contributed by atoms with van der Waals surface area (Å²) in [5.74, 6) is 1.78. The molecular weight excluding hydrogens is 196 g/mol. The van der Waals surface area contributed by atoms with Crippen LogP contribution in [0.4, 0.5) is 0 Å². The van der Waals surface area contributed by atoms with E-state index < -0.39 is 0 Å². The number of hydrogen-bond donors (Lipinski definition) is 0. The number of ether oxygens (including phenoxy) is 1. The van der Waals surface area contributed by atoms with Crippen LogP contribution < -0.4 is 0 Å². The van der Waals surface area contributed by atoms with Crippen molar-refractivity contribution in [3.05, 3.63) is 0 Å². The van der Waals surface area contributed by atoms with Crippen LogP contribution in [0, 0.1) is 11.8 Å². The van der Waals surface area contributed by atoms with Crippen LogP contribution in [0.25, 0.3) is 0 Å². The molecule has 0 spiro atoms. The zero-order valence-corrected chi connectivity index (χ0v) is 11.7. The third kappa shape index (κ3) is 5.34. The monoisotopic (exact) mass is 226 g/mol. The summed E-state index contributed by atoms with van der Waals surface area (Å²) in [6.45, 7) is 9.23. The van der Waals surface area contributed by atoms with Crippen LogP contribution in [0.15, 0.2) is 0 Å². The van der Waals surface area contributed by atoms with E-state index >= 15 is 0 Å². The molecule has 1 nitrogen and oxygen atoms in total. The van der Waals surface area contributed by atoms with E-state index in [-0.39, 0.29) is 0 Å². The number of rotatable bonds is 6. The van der Waals surface area contributed by atoms with Gasteiger partial charge in [-0.3, -0.25) is 0 Å². The van der Waals surface area contributed by atoms with Gasteiger partial charge in [0.1, 0.15) is 0 Å². The first kappa shape index (κ1) is 14.0. The lowest BCUT2D eigenvalue weighted by Gasteiger charge is -2.29. The van der Waals surface area contributed by atoms with E-state index in [1.165, 1.54) is 44.9 Å². The second kappa shape index (κ2) is 7.32. The van der Waals surface area contributed by atoms with Crippen molar-refractivity contribution in [2.45, 2.75) is 84.8 Å². The van der Waals surface area contributed by atoms with Crippen molar-refractivity contribution in [2.24, 2.45) is 11.8 Å². The van der Waals surface area contributed by atoms with Crippen LogP contribution in [0.5, 0.6) is 0 Å². The van der Waals surface area contributed by atoms with Crippen molar-refractivity contribution in [3.63, 3.8) is 0 Å². The lowest BCUT2D eigenvalue weighted by Crippen LogP contribution is -2.25. The fourth-order valence-electron chi connectivity index (χ4n) is 2.49. The normalized spacial score (nSPS) is 30.0. The van der Waals surface area contributed by atoms with Gasteiger partial charge in [-0.15, -0.1) is 0 Å². The zero-order valence-electron chi connectivity index (χ0n) is 11.7. The first-order valence-corrected chi connectivity index (χ1v) is 7.27. The topological polar surface area (TPSA) is 9.23 Å². The summed E-state index contributed by atoms with van der Waals surface area (Å²) in [7, 11) is 0. The van der Waals surface area contributed by atoms with Gasteiger partial charge >= 0.3 is 0 Å². The molecule has 1 aliphatic carbocycles. The fourth-order valence-corrected chi connectivity index (χ4v) is 2.49. The van der Waals surface area contributed by atoms with Crippen LogP contribution in [-0.4, -0.2) is 12.2 Å². The first-order valence-electron chi connectivity index (χ1n) is 7.27. The van der Waals surface area contributed by atoms with Gasteiger partial charge in [0.25, 0.3) is 0 Å². The quantitative estimate of drug-likeness (QED) is 0.632. The standard InChI is InChI=1S/C15H30O/c1-5-12(2)6-9-14(4)16-15-10-7-13(3)8-11-15/h12-15H,5-11H2,1-4H3. The molecule has 0 heterocycles. The summed E-state index contributed by atoms with van der Waals surface area (Å²) in [6, 6.07) is 0. The maximum atomic E-state index is 6.13. The Morgan fingerprint density at radius 2 is 1.69 bits per heavy atom. The highest BCUT2D eigenvalue weighted by molar-refractivity contribution is 4.71. The Balaban J connectivity index is 2.11. The summed E-state index contributed by atoms with van der Waals surface area (Å²) in [4.78, 5) is 0. The molecule has 1 fully saturated rings. The molecular formula is C15H30O. The van der Waals surface area contributed by atoms with E-state index in [4.69, 9.17) is 4.74 Å². The molecule has 0 aliphatic heterocycles. The van der Waals surface area contributed by atoms with Gasteiger partial charge in [0.15, 0.2) is 0 Å². The molecule has 1 rings (SSSR count). The fraction of sp³-hybridized carbons (Fsp3) is 1.00. The smallest absolute Gasteiger partial charge is 0.0579 e. The summed E-state index contributed by atoms with van der Waals surface area (Å²) in [6.07, 6.45) is 10.2. The van der Waals surface area contributed by atoms with Crippen LogP contribution in [-0.2, 0) is 4.74 Å². The molecule has 0 aromatic rings. The lowest BCUT2D eigenvalue weighted by molar-refractivity contribution is -0.0321. The molecule has 1 heteroatoms. The molecule has 0 bridgehead atoms. The molecule has 0 radical (unpaired) electrons. The molecule has 96 valence electrons. The third-order valence-electron chi connectivity index (χ3n) is 4.15. The summed E-state index contributed by atoms with van der Waals surface area (Å²) in [5, 5.41) is 0. The minimum atomic E-state index is 0.465. The maximum Gasteiger partial charge on any atom is 0.0579 e. The highest BCUT2D eigenvalue weighted by Gasteiger charge is 2.20. The molecule has 0 aromatic heterocycles. The van der Waals surface area contributed by atoms with E-state index in [9.17, 15) is 0 Å². The molecule has 0 saturated heterocycles. The molecule has 1 aliphatic rings. The molecule has 0 N–H and O–H groups in total. The highest BCUT2D eigenvalue weighted by atomic mass is 16.5. The van der Waals surface area contributed by atoms with E-state index in [0.29, 0.717) is 12.2 Å². The Bertz CT molecular complexity index is 170. The van der Waals surface area contributed by atoms with E-state index in [2.05, 4.69) is 27.7 Å². The van der Waals surface area contributed by atoms with E-state index in [0.717, 1.165) is 11.8 Å². The van der Waals surface area contributed by atoms with Crippen molar-refractivity contribution in [1.82, 2.24) is 0 Å². The Kier molecular flexibility index (Phi) is 6.41. The van der Waals surface area contributed by atoms with Crippen molar-refractivity contribution in [2.75, 3.05) is 0 Å². The maximum absolute atomic E-state index is 6.13. The zero-order chi connectivity index (χ0) is 12.0. The predicted octanol–water partition coefficient (Wildman–Crippen LogP) is 4.80. The van der Waals surface area contributed by atoms with Crippen LogP contribution >= 0.6 is 0 Å². The summed E-state index contributed by atoms with van der Waals surface area (Å²) < 4.78 is 6.13. The molecule has 0 amide bonds. The predicted molar refractivity (Wildman–Crippen MR) is 70.7 cm³/mol. The summed E-state index contributed by atoms with van der Waals surface area (Å²) >= 11 is 0. The van der Waals surface area contributed by atoms with Crippen molar-refractivity contribution < 1.29 is 4.74 Å². The second-order valence-electron chi connectivity index (χ2n) is 5.92. The second-order valence-corrected chi connectivity index (χ2v) is 5.92. The molecule has 0 aromatic carbocycles. The SMILES string of the molecule is CCC(C)CCC(C)OC1CCC(C)CC1. The molecule has 16 heavy (non-hydrogen) atoms. The summed E-state index contributed by atoms with van der Waals surface area (Å²) in [5.41, 5.74) is 0. The third-order valence-corrected chi connectivity index (χ3v) is 4.15. The van der Waals surface area contributed by atoms with E-state index in [1.54, 1.807) is 0 Å². The number of hydrogen-bond acceptors (Lipinski definition) is 1. The minimum Gasteiger partial charge on any atom is -0.375 e. The Hall–Kier alpha value is -0.0400.